The molecule has 3 rings (SSSR count). The maximum absolute atomic E-state index is 12.2. The molecule has 3 aromatic rings. The number of benzene rings is 2. The summed E-state index contributed by atoms with van der Waals surface area (Å²) >= 11 is 5.13. The Morgan fingerprint density at radius 3 is 2.33 bits per heavy atom. The van der Waals surface area contributed by atoms with Gasteiger partial charge in [0, 0.05) is 11.4 Å². The van der Waals surface area contributed by atoms with Crippen LogP contribution >= 0.6 is 12.2 Å². The van der Waals surface area contributed by atoms with Crippen LogP contribution in [0.2, 0.25) is 0 Å². The zero-order valence-corrected chi connectivity index (χ0v) is 15.1. The number of furan rings is 1. The second-order valence-electron chi connectivity index (χ2n) is 5.68. The molecular weight excluding hydrogens is 362 g/mol. The average molecular weight is 379 g/mol. The lowest BCUT2D eigenvalue weighted by molar-refractivity contribution is -0.115. The van der Waals surface area contributed by atoms with E-state index < -0.39 is 5.91 Å². The van der Waals surface area contributed by atoms with Gasteiger partial charge in [-0.25, -0.2) is 0 Å². The third kappa shape index (κ3) is 5.52. The minimum atomic E-state index is -0.440. The number of amides is 2. The summed E-state index contributed by atoms with van der Waals surface area (Å²) in [7, 11) is 0. The zero-order chi connectivity index (χ0) is 19.1. The van der Waals surface area contributed by atoms with Crippen LogP contribution in [0.3, 0.4) is 0 Å². The number of carbonyl (C=O) groups is 2. The number of hydrogen-bond donors (Lipinski definition) is 3. The number of thiocarbonyl (C=S) groups is 1. The number of hydrogen-bond acceptors (Lipinski definition) is 4. The van der Waals surface area contributed by atoms with Crippen molar-refractivity contribution in [3.63, 3.8) is 0 Å². The summed E-state index contributed by atoms with van der Waals surface area (Å²) in [6.07, 6.45) is 1.70. The SMILES string of the molecule is O=C(Cc1ccccc1)Nc1cccc(NC(=S)NC(=O)c2ccco2)c1. The van der Waals surface area contributed by atoms with Gasteiger partial charge in [0.2, 0.25) is 5.91 Å². The van der Waals surface area contributed by atoms with Gasteiger partial charge in [-0.1, -0.05) is 36.4 Å². The van der Waals surface area contributed by atoms with E-state index in [2.05, 4.69) is 16.0 Å². The Morgan fingerprint density at radius 1 is 0.889 bits per heavy atom. The first-order valence-corrected chi connectivity index (χ1v) is 8.60. The molecule has 0 fully saturated rings. The summed E-state index contributed by atoms with van der Waals surface area (Å²) in [6.45, 7) is 0. The second-order valence-corrected chi connectivity index (χ2v) is 6.09. The number of anilines is 2. The molecule has 0 aliphatic rings. The largest absolute Gasteiger partial charge is 0.459 e. The van der Waals surface area contributed by atoms with E-state index in [0.29, 0.717) is 11.4 Å². The Hall–Kier alpha value is -3.45. The van der Waals surface area contributed by atoms with Crippen LogP contribution in [0, 0.1) is 0 Å². The predicted molar refractivity (Wildman–Crippen MR) is 108 cm³/mol. The molecule has 3 N–H and O–H groups in total. The molecule has 0 radical (unpaired) electrons. The molecule has 0 spiro atoms. The van der Waals surface area contributed by atoms with Crippen LogP contribution in [-0.2, 0) is 11.2 Å². The Labute approximate surface area is 161 Å². The van der Waals surface area contributed by atoms with Gasteiger partial charge in [0.25, 0.3) is 5.91 Å². The molecule has 0 saturated carbocycles. The van der Waals surface area contributed by atoms with Crippen LogP contribution < -0.4 is 16.0 Å². The molecule has 0 unspecified atom stereocenters. The average Bonchev–Trinajstić information content (AvgIpc) is 3.17. The van der Waals surface area contributed by atoms with Gasteiger partial charge in [-0.15, -0.1) is 0 Å². The summed E-state index contributed by atoms with van der Waals surface area (Å²) in [5, 5.41) is 8.40. The third-order valence-corrected chi connectivity index (χ3v) is 3.79. The molecule has 0 saturated heterocycles. The molecule has 27 heavy (non-hydrogen) atoms. The fraction of sp³-hybridized carbons (Fsp3) is 0.0500. The van der Waals surface area contributed by atoms with E-state index in [4.69, 9.17) is 16.6 Å². The second kappa shape index (κ2) is 8.77. The fourth-order valence-corrected chi connectivity index (χ4v) is 2.61. The molecular formula is C20H17N3O3S. The van der Waals surface area contributed by atoms with Gasteiger partial charge in [-0.3, -0.25) is 14.9 Å². The highest BCUT2D eigenvalue weighted by Gasteiger charge is 2.10. The van der Waals surface area contributed by atoms with Crippen molar-refractivity contribution in [2.24, 2.45) is 0 Å². The van der Waals surface area contributed by atoms with Crippen molar-refractivity contribution in [2.45, 2.75) is 6.42 Å². The highest BCUT2D eigenvalue weighted by atomic mass is 32.1. The van der Waals surface area contributed by atoms with Gasteiger partial charge in [0.1, 0.15) is 0 Å². The van der Waals surface area contributed by atoms with E-state index in [0.717, 1.165) is 5.56 Å². The van der Waals surface area contributed by atoms with E-state index in [-0.39, 0.29) is 23.2 Å². The van der Waals surface area contributed by atoms with Crippen LogP contribution in [-0.4, -0.2) is 16.9 Å². The first kappa shape index (κ1) is 18.3. The number of carbonyl (C=O) groups excluding carboxylic acids is 2. The topological polar surface area (TPSA) is 83.4 Å². The highest BCUT2D eigenvalue weighted by molar-refractivity contribution is 7.80. The molecule has 7 heteroatoms. The number of rotatable bonds is 5. The summed E-state index contributed by atoms with van der Waals surface area (Å²) in [5.41, 5.74) is 2.20. The molecule has 0 aliphatic heterocycles. The highest BCUT2D eigenvalue weighted by Crippen LogP contribution is 2.15. The monoisotopic (exact) mass is 379 g/mol. The van der Waals surface area contributed by atoms with Crippen molar-refractivity contribution in [2.75, 3.05) is 10.6 Å². The van der Waals surface area contributed by atoms with Crippen molar-refractivity contribution < 1.29 is 14.0 Å². The van der Waals surface area contributed by atoms with Crippen LogP contribution in [0.5, 0.6) is 0 Å². The molecule has 0 atom stereocenters. The van der Waals surface area contributed by atoms with Crippen molar-refractivity contribution in [1.82, 2.24) is 5.32 Å². The Kier molecular flexibility index (Phi) is 5.96. The molecule has 1 heterocycles. The van der Waals surface area contributed by atoms with Gasteiger partial charge in [0.15, 0.2) is 10.9 Å². The van der Waals surface area contributed by atoms with Crippen molar-refractivity contribution in [3.05, 3.63) is 84.3 Å². The minimum absolute atomic E-state index is 0.118. The lowest BCUT2D eigenvalue weighted by atomic mass is 10.1. The summed E-state index contributed by atoms with van der Waals surface area (Å²) in [5.74, 6) is -0.391. The van der Waals surface area contributed by atoms with Crippen LogP contribution in [0.15, 0.2) is 77.4 Å². The van der Waals surface area contributed by atoms with Gasteiger partial charge in [0.05, 0.1) is 12.7 Å². The Balaban J connectivity index is 1.56. The normalized spacial score (nSPS) is 10.1. The van der Waals surface area contributed by atoms with Gasteiger partial charge < -0.3 is 15.1 Å². The van der Waals surface area contributed by atoms with Crippen molar-refractivity contribution in [3.8, 4) is 0 Å². The van der Waals surface area contributed by atoms with E-state index >= 15 is 0 Å². The number of nitrogens with one attached hydrogen (secondary N) is 3. The molecule has 0 bridgehead atoms. The lowest BCUT2D eigenvalue weighted by Gasteiger charge is -2.11. The molecule has 2 amide bonds. The van der Waals surface area contributed by atoms with Gasteiger partial charge in [-0.2, -0.15) is 0 Å². The quantitative estimate of drug-likeness (QED) is 0.590. The van der Waals surface area contributed by atoms with Gasteiger partial charge in [-0.05, 0) is 48.1 Å². The van der Waals surface area contributed by atoms with E-state index in [1.54, 1.807) is 36.4 Å². The molecule has 1 aromatic heterocycles. The molecule has 6 nitrogen and oxygen atoms in total. The van der Waals surface area contributed by atoms with Crippen LogP contribution in [0.25, 0.3) is 0 Å². The van der Waals surface area contributed by atoms with Gasteiger partial charge >= 0.3 is 0 Å². The summed E-state index contributed by atoms with van der Waals surface area (Å²) in [4.78, 5) is 24.1. The maximum Gasteiger partial charge on any atom is 0.293 e. The third-order valence-electron chi connectivity index (χ3n) is 3.58. The molecule has 136 valence electrons. The smallest absolute Gasteiger partial charge is 0.293 e. The first-order chi connectivity index (χ1) is 13.1. The Bertz CT molecular complexity index is 940. The fourth-order valence-electron chi connectivity index (χ4n) is 2.40. The maximum atomic E-state index is 12.2. The summed E-state index contributed by atoms with van der Waals surface area (Å²) < 4.78 is 5.01. The zero-order valence-electron chi connectivity index (χ0n) is 14.3. The van der Waals surface area contributed by atoms with E-state index in [1.807, 2.05) is 30.3 Å². The van der Waals surface area contributed by atoms with Crippen molar-refractivity contribution in [1.29, 1.82) is 0 Å². The lowest BCUT2D eigenvalue weighted by Crippen LogP contribution is -2.33. The standard InChI is InChI=1S/C20H17N3O3S/c24-18(12-14-6-2-1-3-7-14)21-15-8-4-9-16(13-15)22-20(27)23-19(25)17-10-5-11-26-17/h1-11,13H,12H2,(H,21,24)(H2,22,23,25,27). The summed E-state index contributed by atoms with van der Waals surface area (Å²) in [6, 6.07) is 19.7. The van der Waals surface area contributed by atoms with E-state index in [9.17, 15) is 9.59 Å². The molecule has 2 aromatic carbocycles. The first-order valence-electron chi connectivity index (χ1n) is 8.20. The van der Waals surface area contributed by atoms with Crippen molar-refractivity contribution >= 4 is 40.5 Å². The van der Waals surface area contributed by atoms with Crippen LogP contribution in [0.4, 0.5) is 11.4 Å². The van der Waals surface area contributed by atoms with E-state index in [1.165, 1.54) is 6.26 Å². The van der Waals surface area contributed by atoms with Crippen LogP contribution in [0.1, 0.15) is 16.1 Å². The minimum Gasteiger partial charge on any atom is -0.459 e. The Morgan fingerprint density at radius 2 is 1.63 bits per heavy atom. The molecule has 0 aliphatic carbocycles. The predicted octanol–water partition coefficient (Wildman–Crippen LogP) is 3.59.